The van der Waals surface area contributed by atoms with Crippen LogP contribution in [0.5, 0.6) is 0 Å². The van der Waals surface area contributed by atoms with Gasteiger partial charge < -0.3 is 16.4 Å². The van der Waals surface area contributed by atoms with Crippen molar-refractivity contribution < 1.29 is 0 Å². The summed E-state index contributed by atoms with van der Waals surface area (Å²) in [4.78, 5) is 21.2. The lowest BCUT2D eigenvalue weighted by atomic mass is 9.73. The predicted molar refractivity (Wildman–Crippen MR) is 141 cm³/mol. The van der Waals surface area contributed by atoms with E-state index in [0.29, 0.717) is 16.5 Å². The molecular weight excluding hydrogens is 501 g/mol. The number of piperidine rings is 1. The minimum atomic E-state index is 0.0453. The van der Waals surface area contributed by atoms with Crippen molar-refractivity contribution in [2.24, 2.45) is 11.1 Å². The summed E-state index contributed by atoms with van der Waals surface area (Å²) >= 11 is 13.9. The predicted octanol–water partition coefficient (Wildman–Crippen LogP) is 5.30. The van der Waals surface area contributed by atoms with Crippen molar-refractivity contribution in [3.8, 4) is 0 Å². The second-order valence-electron chi connectivity index (χ2n) is 9.18. The molecule has 1 atom stereocenters. The van der Waals surface area contributed by atoms with Gasteiger partial charge in [0.2, 0.25) is 0 Å². The van der Waals surface area contributed by atoms with E-state index in [4.69, 9.17) is 39.7 Å². The van der Waals surface area contributed by atoms with Crippen LogP contribution < -0.4 is 16.4 Å². The first-order valence-corrected chi connectivity index (χ1v) is 13.0. The van der Waals surface area contributed by atoms with Crippen LogP contribution in [0.1, 0.15) is 30.0 Å². The maximum absolute atomic E-state index is 6.73. The molecule has 7 nitrogen and oxygen atoms in total. The SMILES string of the molecule is Nc1nccc(Sc2ccc3nc(N4CCC5(CC4)Cc4cc(Cl)ccc4[C@H]5N)cnc3n2)c1Cl. The third-order valence-electron chi connectivity index (χ3n) is 7.19. The Morgan fingerprint density at radius 1 is 1.03 bits per heavy atom. The number of nitrogens with two attached hydrogens (primary N) is 2. The van der Waals surface area contributed by atoms with Crippen molar-refractivity contribution in [1.82, 2.24) is 19.9 Å². The van der Waals surface area contributed by atoms with E-state index in [1.807, 2.05) is 30.5 Å². The van der Waals surface area contributed by atoms with Crippen LogP contribution in [-0.4, -0.2) is 33.0 Å². The van der Waals surface area contributed by atoms with E-state index >= 15 is 0 Å². The second-order valence-corrected chi connectivity index (χ2v) is 11.1. The zero-order valence-corrected chi connectivity index (χ0v) is 21.1. The van der Waals surface area contributed by atoms with Gasteiger partial charge in [0, 0.05) is 35.2 Å². The number of halogens is 2. The highest BCUT2D eigenvalue weighted by atomic mass is 35.5. The summed E-state index contributed by atoms with van der Waals surface area (Å²) in [6.45, 7) is 1.78. The summed E-state index contributed by atoms with van der Waals surface area (Å²) in [6, 6.07) is 11.8. The lowest BCUT2D eigenvalue weighted by Gasteiger charge is -2.42. The van der Waals surface area contributed by atoms with E-state index in [9.17, 15) is 0 Å². The van der Waals surface area contributed by atoms with E-state index in [-0.39, 0.29) is 11.5 Å². The number of fused-ring (bicyclic) bond motifs is 2. The topological polar surface area (TPSA) is 107 Å². The van der Waals surface area contributed by atoms with Gasteiger partial charge in [-0.05, 0) is 66.1 Å². The van der Waals surface area contributed by atoms with Crippen molar-refractivity contribution in [2.75, 3.05) is 23.7 Å². The molecule has 0 saturated carbocycles. The molecule has 1 aromatic carbocycles. The van der Waals surface area contributed by atoms with E-state index in [1.165, 1.54) is 22.9 Å². The summed E-state index contributed by atoms with van der Waals surface area (Å²) in [7, 11) is 0. The molecule has 6 rings (SSSR count). The van der Waals surface area contributed by atoms with Gasteiger partial charge >= 0.3 is 0 Å². The molecule has 10 heteroatoms. The van der Waals surface area contributed by atoms with E-state index in [1.54, 1.807) is 6.20 Å². The number of nitrogen functional groups attached to an aromatic ring is 1. The van der Waals surface area contributed by atoms with Gasteiger partial charge in [0.15, 0.2) is 5.65 Å². The Hall–Kier alpha value is -2.65. The number of hydrogen-bond acceptors (Lipinski definition) is 8. The molecule has 178 valence electrons. The molecule has 0 unspecified atom stereocenters. The molecule has 4 aromatic rings. The Morgan fingerprint density at radius 2 is 1.86 bits per heavy atom. The van der Waals surface area contributed by atoms with Crippen LogP contribution in [0.25, 0.3) is 11.2 Å². The van der Waals surface area contributed by atoms with Crippen molar-refractivity contribution >= 4 is 57.8 Å². The Labute approximate surface area is 217 Å². The van der Waals surface area contributed by atoms with Crippen LogP contribution in [0.15, 0.2) is 58.7 Å². The molecule has 1 fully saturated rings. The molecule has 4 N–H and O–H groups in total. The monoisotopic (exact) mass is 523 g/mol. The second kappa shape index (κ2) is 8.78. The van der Waals surface area contributed by atoms with Crippen molar-refractivity contribution in [2.45, 2.75) is 35.2 Å². The van der Waals surface area contributed by atoms with Crippen molar-refractivity contribution in [3.05, 3.63) is 70.0 Å². The Kier molecular flexibility index (Phi) is 5.72. The van der Waals surface area contributed by atoms with Gasteiger partial charge in [-0.2, -0.15) is 0 Å². The summed E-state index contributed by atoms with van der Waals surface area (Å²) in [5, 5.41) is 1.97. The van der Waals surface area contributed by atoms with Gasteiger partial charge in [-0.25, -0.2) is 19.9 Å². The largest absolute Gasteiger partial charge is 0.382 e. The first-order valence-electron chi connectivity index (χ1n) is 11.4. The molecule has 4 heterocycles. The number of benzene rings is 1. The van der Waals surface area contributed by atoms with Crippen LogP contribution in [0.2, 0.25) is 10.0 Å². The standard InChI is InChI=1S/C25H23Cl2N7S/c26-15-1-2-16-14(11-15)12-25(22(16)28)6-9-34(10-7-25)19-13-31-24-17(32-19)3-4-20(33-24)35-18-5-8-30-23(29)21(18)27/h1-5,8,11,13,22H,6-7,9-10,12,28H2,(H2,29,30)/t22-/m1/s1. The highest BCUT2D eigenvalue weighted by Crippen LogP contribution is 2.51. The molecule has 1 aliphatic carbocycles. The summed E-state index contributed by atoms with van der Waals surface area (Å²) in [5.41, 5.74) is 16.5. The van der Waals surface area contributed by atoms with Crippen LogP contribution in [0, 0.1) is 5.41 Å². The lowest BCUT2D eigenvalue weighted by molar-refractivity contribution is 0.187. The maximum Gasteiger partial charge on any atom is 0.179 e. The van der Waals surface area contributed by atoms with Gasteiger partial charge in [0.25, 0.3) is 0 Å². The number of hydrogen-bond donors (Lipinski definition) is 2. The molecule has 0 radical (unpaired) electrons. The number of nitrogens with zero attached hydrogens (tertiary/aromatic N) is 5. The first kappa shape index (κ1) is 22.8. The molecule has 1 saturated heterocycles. The van der Waals surface area contributed by atoms with Crippen molar-refractivity contribution in [1.29, 1.82) is 0 Å². The highest BCUT2D eigenvalue weighted by Gasteiger charge is 2.46. The lowest BCUT2D eigenvalue weighted by Crippen LogP contribution is -2.44. The smallest absolute Gasteiger partial charge is 0.179 e. The Morgan fingerprint density at radius 3 is 2.69 bits per heavy atom. The van der Waals surface area contributed by atoms with Gasteiger partial charge in [0.05, 0.1) is 11.2 Å². The van der Waals surface area contributed by atoms with E-state index in [2.05, 4.69) is 32.0 Å². The molecule has 1 spiro atoms. The molecule has 0 amide bonds. The number of pyridine rings is 2. The summed E-state index contributed by atoms with van der Waals surface area (Å²) in [5.74, 6) is 1.17. The van der Waals surface area contributed by atoms with Gasteiger partial charge in [0.1, 0.15) is 22.2 Å². The highest BCUT2D eigenvalue weighted by molar-refractivity contribution is 7.99. The quantitative estimate of drug-likeness (QED) is 0.372. The van der Waals surface area contributed by atoms with Crippen LogP contribution in [-0.2, 0) is 6.42 Å². The fourth-order valence-corrected chi connectivity index (χ4v) is 6.48. The number of aromatic nitrogens is 4. The fourth-order valence-electron chi connectivity index (χ4n) is 5.24. The van der Waals surface area contributed by atoms with Crippen LogP contribution in [0.4, 0.5) is 11.6 Å². The molecule has 3 aromatic heterocycles. The third kappa shape index (κ3) is 4.08. The number of rotatable bonds is 3. The third-order valence-corrected chi connectivity index (χ3v) is 8.93. The maximum atomic E-state index is 6.73. The molecule has 1 aliphatic heterocycles. The Bertz CT molecular complexity index is 1440. The van der Waals surface area contributed by atoms with E-state index in [0.717, 1.165) is 58.6 Å². The minimum Gasteiger partial charge on any atom is -0.382 e. The van der Waals surface area contributed by atoms with Crippen LogP contribution >= 0.6 is 35.0 Å². The molecule has 0 bridgehead atoms. The van der Waals surface area contributed by atoms with Gasteiger partial charge in [-0.1, -0.05) is 41.0 Å². The molecule has 2 aliphatic rings. The molecular formula is C25H23Cl2N7S. The normalized spacial score (nSPS) is 18.8. The van der Waals surface area contributed by atoms with Crippen molar-refractivity contribution in [3.63, 3.8) is 0 Å². The summed E-state index contributed by atoms with van der Waals surface area (Å²) in [6.07, 6.45) is 6.43. The first-order chi connectivity index (χ1) is 16.9. The van der Waals surface area contributed by atoms with E-state index < -0.39 is 0 Å². The zero-order chi connectivity index (χ0) is 24.2. The summed E-state index contributed by atoms with van der Waals surface area (Å²) < 4.78 is 0. The minimum absolute atomic E-state index is 0.0453. The Balaban J connectivity index is 1.18. The van der Waals surface area contributed by atoms with Gasteiger partial charge in [-0.15, -0.1) is 0 Å². The molecule has 35 heavy (non-hydrogen) atoms. The number of anilines is 2. The van der Waals surface area contributed by atoms with Crippen LogP contribution in [0.3, 0.4) is 0 Å². The zero-order valence-electron chi connectivity index (χ0n) is 18.8. The average Bonchev–Trinajstić information content (AvgIpc) is 3.12. The fraction of sp³-hybridized carbons (Fsp3) is 0.280. The van der Waals surface area contributed by atoms with Gasteiger partial charge in [-0.3, -0.25) is 0 Å². The average molecular weight is 524 g/mol.